The zero-order chi connectivity index (χ0) is 18.8. The number of amides is 2. The average Bonchev–Trinajstić information content (AvgIpc) is 3.23. The number of rotatable bonds is 3. The normalized spacial score (nSPS) is 22.2. The van der Waals surface area contributed by atoms with Crippen LogP contribution in [0.4, 0.5) is 4.39 Å². The number of thiophene rings is 1. The van der Waals surface area contributed by atoms with Gasteiger partial charge in [-0.15, -0.1) is 23.1 Å². The van der Waals surface area contributed by atoms with Gasteiger partial charge in [0.15, 0.2) is 0 Å². The van der Waals surface area contributed by atoms with Gasteiger partial charge >= 0.3 is 0 Å². The van der Waals surface area contributed by atoms with E-state index in [4.69, 9.17) is 0 Å². The van der Waals surface area contributed by atoms with E-state index in [-0.39, 0.29) is 29.6 Å². The zero-order valence-electron chi connectivity index (χ0n) is 14.8. The number of fused-ring (bicyclic) bond motifs is 1. The number of hydrogen-bond acceptors (Lipinski definition) is 4. The summed E-state index contributed by atoms with van der Waals surface area (Å²) in [5.74, 6) is 0.377. The first kappa shape index (κ1) is 18.5. The van der Waals surface area contributed by atoms with Gasteiger partial charge in [0.25, 0.3) is 5.91 Å². The Morgan fingerprint density at radius 1 is 1.22 bits per heavy atom. The third-order valence-corrected chi connectivity index (χ3v) is 7.12. The van der Waals surface area contributed by atoms with Gasteiger partial charge in [-0.2, -0.15) is 0 Å². The monoisotopic (exact) mass is 404 g/mol. The van der Waals surface area contributed by atoms with Gasteiger partial charge in [-0.05, 0) is 54.5 Å². The second-order valence-corrected chi connectivity index (χ2v) is 9.03. The Labute approximate surface area is 166 Å². The van der Waals surface area contributed by atoms with Crippen molar-refractivity contribution in [1.29, 1.82) is 0 Å². The highest BCUT2D eigenvalue weighted by molar-refractivity contribution is 7.99. The van der Waals surface area contributed by atoms with Crippen molar-refractivity contribution < 1.29 is 14.0 Å². The van der Waals surface area contributed by atoms with Gasteiger partial charge in [0.05, 0.1) is 16.8 Å². The largest absolute Gasteiger partial charge is 0.349 e. The Morgan fingerprint density at radius 2 is 2.11 bits per heavy atom. The fourth-order valence-corrected chi connectivity index (χ4v) is 5.53. The summed E-state index contributed by atoms with van der Waals surface area (Å²) in [5.41, 5.74) is 0.863. The second-order valence-electron chi connectivity index (χ2n) is 6.95. The Balaban J connectivity index is 1.43. The Hall–Kier alpha value is -1.86. The van der Waals surface area contributed by atoms with Gasteiger partial charge in [-0.3, -0.25) is 9.59 Å². The highest BCUT2D eigenvalue weighted by atomic mass is 32.2. The van der Waals surface area contributed by atoms with Crippen LogP contribution < -0.4 is 5.32 Å². The van der Waals surface area contributed by atoms with E-state index in [1.807, 2.05) is 17.5 Å². The molecule has 0 saturated carbocycles. The average molecular weight is 405 g/mol. The fourth-order valence-electron chi connectivity index (χ4n) is 3.74. The summed E-state index contributed by atoms with van der Waals surface area (Å²) in [7, 11) is 0. The number of nitrogens with zero attached hydrogens (tertiary/aromatic N) is 1. The molecule has 7 heteroatoms. The number of carbonyl (C=O) groups is 2. The molecule has 0 unspecified atom stereocenters. The summed E-state index contributed by atoms with van der Waals surface area (Å²) in [5, 5.41) is 5.00. The lowest BCUT2D eigenvalue weighted by molar-refractivity contribution is -0.127. The summed E-state index contributed by atoms with van der Waals surface area (Å²) < 4.78 is 13.7. The van der Waals surface area contributed by atoms with Crippen LogP contribution in [0.1, 0.15) is 40.5 Å². The van der Waals surface area contributed by atoms with Crippen LogP contribution in [-0.2, 0) is 4.79 Å². The van der Waals surface area contributed by atoms with E-state index in [9.17, 15) is 14.0 Å². The minimum Gasteiger partial charge on any atom is -0.349 e. The second kappa shape index (κ2) is 8.02. The highest BCUT2D eigenvalue weighted by Crippen LogP contribution is 2.36. The molecule has 2 aliphatic rings. The third kappa shape index (κ3) is 4.04. The molecule has 1 saturated heterocycles. The molecule has 0 aliphatic carbocycles. The number of thioether (sulfide) groups is 1. The molecular formula is C20H21FN2O2S2. The molecule has 0 bridgehead atoms. The quantitative estimate of drug-likeness (QED) is 0.838. The van der Waals surface area contributed by atoms with Gasteiger partial charge < -0.3 is 10.2 Å². The molecule has 27 heavy (non-hydrogen) atoms. The van der Waals surface area contributed by atoms with Crippen LogP contribution in [0.25, 0.3) is 0 Å². The summed E-state index contributed by atoms with van der Waals surface area (Å²) in [6.07, 6.45) is 2.38. The molecular weight excluding hydrogens is 383 g/mol. The smallest absolute Gasteiger partial charge is 0.263 e. The lowest BCUT2D eigenvalue weighted by Gasteiger charge is -2.33. The van der Waals surface area contributed by atoms with E-state index in [2.05, 4.69) is 5.32 Å². The molecule has 2 amide bonds. The lowest BCUT2D eigenvalue weighted by Crippen LogP contribution is -2.46. The molecule has 0 spiro atoms. The number of nitrogens with one attached hydrogen (secondary N) is 1. The van der Waals surface area contributed by atoms with Crippen LogP contribution >= 0.6 is 23.1 Å². The van der Waals surface area contributed by atoms with Gasteiger partial charge in [0.1, 0.15) is 5.82 Å². The van der Waals surface area contributed by atoms with Crippen LogP contribution in [0.15, 0.2) is 40.6 Å². The molecule has 142 valence electrons. The summed E-state index contributed by atoms with van der Waals surface area (Å²) in [6.45, 7) is 1.13. The van der Waals surface area contributed by atoms with E-state index in [0.717, 1.165) is 35.5 Å². The van der Waals surface area contributed by atoms with Crippen molar-refractivity contribution >= 4 is 34.9 Å². The van der Waals surface area contributed by atoms with Crippen LogP contribution in [0, 0.1) is 11.7 Å². The zero-order valence-corrected chi connectivity index (χ0v) is 16.5. The Morgan fingerprint density at radius 3 is 2.93 bits per heavy atom. The third-order valence-electron chi connectivity index (χ3n) is 5.14. The maximum Gasteiger partial charge on any atom is 0.263 e. The van der Waals surface area contributed by atoms with Crippen molar-refractivity contribution in [2.24, 2.45) is 5.92 Å². The first-order valence-electron chi connectivity index (χ1n) is 9.17. The summed E-state index contributed by atoms with van der Waals surface area (Å²) in [4.78, 5) is 29.0. The van der Waals surface area contributed by atoms with Crippen LogP contribution in [0.3, 0.4) is 0 Å². The Kier molecular flexibility index (Phi) is 5.50. The predicted molar refractivity (Wildman–Crippen MR) is 106 cm³/mol. The molecule has 2 aliphatic heterocycles. The lowest BCUT2D eigenvalue weighted by atomic mass is 9.95. The number of carbonyl (C=O) groups excluding carboxylic acids is 2. The van der Waals surface area contributed by atoms with Crippen LogP contribution in [-0.4, -0.2) is 35.6 Å². The number of piperidine rings is 1. The molecule has 0 radical (unpaired) electrons. The number of likely N-dealkylation sites (tertiary alicyclic amines) is 1. The molecule has 3 heterocycles. The molecule has 2 aromatic rings. The maximum absolute atomic E-state index is 13.7. The Bertz CT molecular complexity index is 841. The molecule has 1 fully saturated rings. The fraction of sp³-hybridized carbons (Fsp3) is 0.400. The van der Waals surface area contributed by atoms with Crippen molar-refractivity contribution in [1.82, 2.24) is 10.2 Å². The van der Waals surface area contributed by atoms with Crippen molar-refractivity contribution in [3.63, 3.8) is 0 Å². The number of benzene rings is 1. The molecule has 4 nitrogen and oxygen atoms in total. The molecule has 1 aromatic heterocycles. The number of halogens is 1. The van der Waals surface area contributed by atoms with E-state index in [0.29, 0.717) is 18.0 Å². The summed E-state index contributed by atoms with van der Waals surface area (Å²) >= 11 is 3.12. The van der Waals surface area contributed by atoms with Gasteiger partial charge in [0.2, 0.25) is 5.91 Å². The topological polar surface area (TPSA) is 49.4 Å². The van der Waals surface area contributed by atoms with E-state index < -0.39 is 0 Å². The van der Waals surface area contributed by atoms with Crippen molar-refractivity contribution in [2.75, 3.05) is 18.8 Å². The molecule has 1 N–H and O–H groups in total. The van der Waals surface area contributed by atoms with Crippen LogP contribution in [0.2, 0.25) is 0 Å². The minimum absolute atomic E-state index is 0.00369. The molecule has 1 aromatic carbocycles. The first-order valence-corrected chi connectivity index (χ1v) is 11.0. The van der Waals surface area contributed by atoms with Crippen molar-refractivity contribution in [2.45, 2.75) is 30.2 Å². The van der Waals surface area contributed by atoms with Gasteiger partial charge in [-0.1, -0.05) is 6.07 Å². The molecule has 4 rings (SSSR count). The molecule has 2 atom stereocenters. The first-order chi connectivity index (χ1) is 13.1. The van der Waals surface area contributed by atoms with E-state index in [1.165, 1.54) is 23.5 Å². The van der Waals surface area contributed by atoms with Gasteiger partial charge in [-0.25, -0.2) is 4.39 Å². The van der Waals surface area contributed by atoms with E-state index >= 15 is 0 Å². The van der Waals surface area contributed by atoms with Crippen molar-refractivity contribution in [3.05, 3.63) is 52.0 Å². The predicted octanol–water partition coefficient (Wildman–Crippen LogP) is 4.09. The highest BCUT2D eigenvalue weighted by Gasteiger charge is 2.31. The van der Waals surface area contributed by atoms with Gasteiger partial charge in [0, 0.05) is 23.7 Å². The standard InChI is InChI=1S/C20H21FN2O2S2/c21-14-5-6-17-15(11-14)16(7-10-27-17)22-19(24)13-3-1-8-23(12-13)20(25)18-4-2-9-26-18/h2,4-6,9,11,13,16H,1,3,7-8,10,12H2,(H,22,24)/t13-,16-/m1/s1. The SMILES string of the molecule is O=C(N[C@@H]1CCSc2ccc(F)cc21)[C@@H]1CCCN(C(=O)c2cccs2)C1. The van der Waals surface area contributed by atoms with Crippen LogP contribution in [0.5, 0.6) is 0 Å². The maximum atomic E-state index is 13.7. The summed E-state index contributed by atoms with van der Waals surface area (Å²) in [6, 6.07) is 8.31. The minimum atomic E-state index is -0.277. The van der Waals surface area contributed by atoms with E-state index in [1.54, 1.807) is 22.7 Å². The number of hydrogen-bond donors (Lipinski definition) is 1. The van der Waals surface area contributed by atoms with Crippen molar-refractivity contribution in [3.8, 4) is 0 Å².